The molecule has 2 aromatic heterocycles. The van der Waals surface area contributed by atoms with E-state index in [9.17, 15) is 9.59 Å². The highest BCUT2D eigenvalue weighted by molar-refractivity contribution is 7.13. The fourth-order valence-corrected chi connectivity index (χ4v) is 4.70. The molecule has 1 atom stereocenters. The smallest absolute Gasteiger partial charge is 0.229 e. The van der Waals surface area contributed by atoms with Crippen LogP contribution < -0.4 is 10.2 Å². The average molecular weight is 475 g/mol. The number of pyridine rings is 1. The lowest BCUT2D eigenvalue weighted by Crippen LogP contribution is -2.28. The van der Waals surface area contributed by atoms with Gasteiger partial charge in [0.05, 0.1) is 17.3 Å². The van der Waals surface area contributed by atoms with Crippen molar-refractivity contribution in [2.45, 2.75) is 6.42 Å². The van der Waals surface area contributed by atoms with Crippen molar-refractivity contribution in [2.75, 3.05) is 16.8 Å². The Hall–Kier alpha value is -3.55. The maximum absolute atomic E-state index is 12.9. The predicted octanol–water partition coefficient (Wildman–Crippen LogP) is 5.52. The first-order valence-electron chi connectivity index (χ1n) is 10.4. The molecule has 6 nitrogen and oxygen atoms in total. The van der Waals surface area contributed by atoms with Crippen molar-refractivity contribution in [3.05, 3.63) is 83.3 Å². The van der Waals surface area contributed by atoms with Crippen molar-refractivity contribution >= 4 is 46.1 Å². The summed E-state index contributed by atoms with van der Waals surface area (Å²) in [7, 11) is 0. The standard InChI is InChI=1S/C25H19ClN4O2S/c26-18-7-9-20(10-8-18)30-14-17(13-23(30)31)24(32)28-19-5-3-4-16(12-19)22-15-33-25(29-22)21-6-1-2-11-27-21/h1-12,15,17H,13-14H2,(H,28,32). The summed E-state index contributed by atoms with van der Waals surface area (Å²) in [4.78, 5) is 36.1. The molecule has 1 fully saturated rings. The highest BCUT2D eigenvalue weighted by atomic mass is 35.5. The normalized spacial score (nSPS) is 15.6. The number of rotatable bonds is 5. The van der Waals surface area contributed by atoms with E-state index in [-0.39, 0.29) is 18.2 Å². The Balaban J connectivity index is 1.28. The molecule has 2 amide bonds. The molecule has 0 spiro atoms. The molecule has 0 aliphatic carbocycles. The second-order valence-corrected chi connectivity index (χ2v) is 9.00. The van der Waals surface area contributed by atoms with Gasteiger partial charge in [-0.3, -0.25) is 14.6 Å². The van der Waals surface area contributed by atoms with Crippen LogP contribution in [-0.4, -0.2) is 28.3 Å². The third-order valence-electron chi connectivity index (χ3n) is 5.45. The quantitative estimate of drug-likeness (QED) is 0.413. The fourth-order valence-electron chi connectivity index (χ4n) is 3.77. The summed E-state index contributed by atoms with van der Waals surface area (Å²) in [6.45, 7) is 0.339. The Morgan fingerprint density at radius 2 is 1.91 bits per heavy atom. The number of carbonyl (C=O) groups is 2. The van der Waals surface area contributed by atoms with Crippen LogP contribution in [0.3, 0.4) is 0 Å². The third-order valence-corrected chi connectivity index (χ3v) is 6.56. The van der Waals surface area contributed by atoms with Crippen LogP contribution in [0, 0.1) is 5.92 Å². The lowest BCUT2D eigenvalue weighted by atomic mass is 10.1. The van der Waals surface area contributed by atoms with E-state index in [1.807, 2.05) is 47.8 Å². The van der Waals surface area contributed by atoms with E-state index >= 15 is 0 Å². The van der Waals surface area contributed by atoms with E-state index in [1.54, 1.807) is 35.4 Å². The second-order valence-electron chi connectivity index (χ2n) is 7.70. The van der Waals surface area contributed by atoms with E-state index < -0.39 is 5.92 Å². The molecule has 0 saturated carbocycles. The van der Waals surface area contributed by atoms with Crippen LogP contribution in [0.25, 0.3) is 22.0 Å². The number of anilines is 2. The van der Waals surface area contributed by atoms with Crippen molar-refractivity contribution < 1.29 is 9.59 Å². The highest BCUT2D eigenvalue weighted by Gasteiger charge is 2.35. The molecule has 5 rings (SSSR count). The first kappa shape index (κ1) is 21.3. The van der Waals surface area contributed by atoms with Gasteiger partial charge >= 0.3 is 0 Å². The summed E-state index contributed by atoms with van der Waals surface area (Å²) < 4.78 is 0. The van der Waals surface area contributed by atoms with Gasteiger partial charge in [0.2, 0.25) is 11.8 Å². The summed E-state index contributed by atoms with van der Waals surface area (Å²) in [6.07, 6.45) is 1.92. The molecule has 0 radical (unpaired) electrons. The van der Waals surface area contributed by atoms with E-state index in [0.717, 1.165) is 27.6 Å². The van der Waals surface area contributed by atoms with E-state index in [1.165, 1.54) is 11.3 Å². The minimum atomic E-state index is -0.424. The average Bonchev–Trinajstić information content (AvgIpc) is 3.48. The zero-order valence-corrected chi connectivity index (χ0v) is 19.0. The topological polar surface area (TPSA) is 75.2 Å². The number of benzene rings is 2. The highest BCUT2D eigenvalue weighted by Crippen LogP contribution is 2.30. The lowest BCUT2D eigenvalue weighted by Gasteiger charge is -2.17. The Kier molecular flexibility index (Phi) is 5.90. The van der Waals surface area contributed by atoms with Gasteiger partial charge in [0.15, 0.2) is 0 Å². The Labute approximate surface area is 199 Å². The van der Waals surface area contributed by atoms with Crippen molar-refractivity contribution in [2.24, 2.45) is 5.92 Å². The molecule has 1 aliphatic rings. The minimum Gasteiger partial charge on any atom is -0.326 e. The molecule has 1 N–H and O–H groups in total. The number of hydrogen-bond donors (Lipinski definition) is 1. The summed E-state index contributed by atoms with van der Waals surface area (Å²) in [5, 5.41) is 6.38. The number of nitrogens with zero attached hydrogens (tertiary/aromatic N) is 3. The Morgan fingerprint density at radius 3 is 2.70 bits per heavy atom. The number of carbonyl (C=O) groups excluding carboxylic acids is 2. The molecular formula is C25H19ClN4O2S. The van der Waals surface area contributed by atoms with Gasteiger partial charge in [-0.25, -0.2) is 4.98 Å². The largest absolute Gasteiger partial charge is 0.326 e. The van der Waals surface area contributed by atoms with Crippen LogP contribution >= 0.6 is 22.9 Å². The molecule has 4 aromatic rings. The number of halogens is 1. The molecule has 2 aromatic carbocycles. The lowest BCUT2D eigenvalue weighted by molar-refractivity contribution is -0.122. The number of nitrogens with one attached hydrogen (secondary N) is 1. The number of amides is 2. The SMILES string of the molecule is O=C(Nc1cccc(-c2csc(-c3ccccn3)n2)c1)C1CC(=O)N(c2ccc(Cl)cc2)C1. The molecule has 164 valence electrons. The van der Waals surface area contributed by atoms with Gasteiger partial charge in [-0.1, -0.05) is 29.8 Å². The van der Waals surface area contributed by atoms with E-state index in [4.69, 9.17) is 16.6 Å². The van der Waals surface area contributed by atoms with Crippen molar-refractivity contribution in [3.63, 3.8) is 0 Å². The zero-order valence-electron chi connectivity index (χ0n) is 17.4. The van der Waals surface area contributed by atoms with Gasteiger partial charge in [-0.15, -0.1) is 11.3 Å². The first-order valence-corrected chi connectivity index (χ1v) is 11.7. The Morgan fingerprint density at radius 1 is 1.06 bits per heavy atom. The van der Waals surface area contributed by atoms with Crippen LogP contribution in [0.5, 0.6) is 0 Å². The first-order chi connectivity index (χ1) is 16.1. The third kappa shape index (κ3) is 4.65. The van der Waals surface area contributed by atoms with E-state index in [2.05, 4.69) is 10.3 Å². The van der Waals surface area contributed by atoms with E-state index in [0.29, 0.717) is 17.3 Å². The summed E-state index contributed by atoms with van der Waals surface area (Å²) >= 11 is 7.46. The maximum Gasteiger partial charge on any atom is 0.229 e. The minimum absolute atomic E-state index is 0.0734. The van der Waals surface area contributed by atoms with Crippen molar-refractivity contribution in [3.8, 4) is 22.0 Å². The summed E-state index contributed by atoms with van der Waals surface area (Å²) in [5.74, 6) is -0.674. The van der Waals surface area contributed by atoms with Crippen LogP contribution in [0.2, 0.25) is 5.02 Å². The van der Waals surface area contributed by atoms with Gasteiger partial charge in [-0.2, -0.15) is 0 Å². The van der Waals surface area contributed by atoms with Crippen LogP contribution in [0.4, 0.5) is 11.4 Å². The fraction of sp³-hybridized carbons (Fsp3) is 0.120. The number of thiazole rings is 1. The predicted molar refractivity (Wildman–Crippen MR) is 131 cm³/mol. The summed E-state index contributed by atoms with van der Waals surface area (Å²) in [6, 6.07) is 20.3. The molecule has 33 heavy (non-hydrogen) atoms. The molecule has 3 heterocycles. The van der Waals surface area contributed by atoms with Gasteiger partial charge < -0.3 is 10.2 Å². The second kappa shape index (κ2) is 9.13. The van der Waals surface area contributed by atoms with Crippen LogP contribution in [0.15, 0.2) is 78.3 Å². The molecule has 1 aliphatic heterocycles. The van der Waals surface area contributed by atoms with Gasteiger partial charge in [0, 0.05) is 46.5 Å². The van der Waals surface area contributed by atoms with Gasteiger partial charge in [-0.05, 0) is 48.5 Å². The summed E-state index contributed by atoms with van der Waals surface area (Å²) in [5.41, 5.74) is 3.96. The number of aromatic nitrogens is 2. The number of hydrogen-bond acceptors (Lipinski definition) is 5. The molecule has 1 unspecified atom stereocenters. The molecule has 8 heteroatoms. The maximum atomic E-state index is 12.9. The molecule has 1 saturated heterocycles. The van der Waals surface area contributed by atoms with Gasteiger partial charge in [0.1, 0.15) is 5.01 Å². The molecular weight excluding hydrogens is 456 g/mol. The monoisotopic (exact) mass is 474 g/mol. The van der Waals surface area contributed by atoms with Crippen molar-refractivity contribution in [1.82, 2.24) is 9.97 Å². The van der Waals surface area contributed by atoms with Gasteiger partial charge in [0.25, 0.3) is 0 Å². The van der Waals surface area contributed by atoms with Crippen LogP contribution in [-0.2, 0) is 9.59 Å². The molecule has 0 bridgehead atoms. The zero-order chi connectivity index (χ0) is 22.8. The Bertz CT molecular complexity index is 1310. The van der Waals surface area contributed by atoms with Crippen molar-refractivity contribution in [1.29, 1.82) is 0 Å². The van der Waals surface area contributed by atoms with Crippen LogP contribution in [0.1, 0.15) is 6.42 Å².